The Kier molecular flexibility index (Phi) is 4.51. The van der Waals surface area contributed by atoms with Crippen molar-refractivity contribution in [3.8, 4) is 0 Å². The van der Waals surface area contributed by atoms with Gasteiger partial charge in [-0.05, 0) is 23.6 Å². The summed E-state index contributed by atoms with van der Waals surface area (Å²) in [6, 6.07) is 8.56. The molecule has 1 aromatic rings. The van der Waals surface area contributed by atoms with E-state index in [-0.39, 0.29) is 0 Å². The van der Waals surface area contributed by atoms with Crippen molar-refractivity contribution in [3.05, 3.63) is 35.4 Å². The van der Waals surface area contributed by atoms with Crippen LogP contribution < -0.4 is 5.73 Å². The third kappa shape index (κ3) is 4.77. The Morgan fingerprint density at radius 3 is 2.00 bits per heavy atom. The van der Waals surface area contributed by atoms with Crippen LogP contribution in [-0.2, 0) is 13.1 Å². The van der Waals surface area contributed by atoms with Crippen LogP contribution in [-0.4, -0.2) is 18.5 Å². The van der Waals surface area contributed by atoms with Gasteiger partial charge in [-0.1, -0.05) is 45.0 Å². The van der Waals surface area contributed by atoms with E-state index in [4.69, 9.17) is 5.73 Å². The first-order valence-electron chi connectivity index (χ1n) is 5.87. The minimum Gasteiger partial charge on any atom is -0.326 e. The summed E-state index contributed by atoms with van der Waals surface area (Å²) in [5.41, 5.74) is 8.47. The van der Waals surface area contributed by atoms with E-state index in [9.17, 15) is 0 Å². The first-order valence-corrected chi connectivity index (χ1v) is 5.87. The van der Waals surface area contributed by atoms with E-state index in [1.165, 1.54) is 11.1 Å². The van der Waals surface area contributed by atoms with Crippen LogP contribution >= 0.6 is 0 Å². The third-order valence-corrected chi connectivity index (χ3v) is 2.46. The second-order valence-corrected chi connectivity index (χ2v) is 5.75. The van der Waals surface area contributed by atoms with Gasteiger partial charge in [0.15, 0.2) is 0 Å². The van der Waals surface area contributed by atoms with E-state index >= 15 is 0 Å². The van der Waals surface area contributed by atoms with E-state index in [0.29, 0.717) is 12.0 Å². The molecule has 0 bridgehead atoms. The molecule has 1 aromatic carbocycles. The Hall–Kier alpha value is -0.860. The zero-order chi connectivity index (χ0) is 12.2. The number of rotatable bonds is 4. The molecule has 16 heavy (non-hydrogen) atoms. The highest BCUT2D eigenvalue weighted by Crippen LogP contribution is 2.16. The molecular weight excluding hydrogens is 196 g/mol. The Morgan fingerprint density at radius 2 is 1.56 bits per heavy atom. The first kappa shape index (κ1) is 13.2. The van der Waals surface area contributed by atoms with Gasteiger partial charge in [0, 0.05) is 19.6 Å². The van der Waals surface area contributed by atoms with Crippen LogP contribution in [0.4, 0.5) is 0 Å². The summed E-state index contributed by atoms with van der Waals surface area (Å²) in [4.78, 5) is 2.36. The van der Waals surface area contributed by atoms with Gasteiger partial charge in [0.2, 0.25) is 0 Å². The number of benzene rings is 1. The molecule has 90 valence electrons. The Bertz CT molecular complexity index is 309. The maximum Gasteiger partial charge on any atom is 0.0230 e. The van der Waals surface area contributed by atoms with Crippen LogP contribution in [0.5, 0.6) is 0 Å². The molecule has 0 aliphatic carbocycles. The van der Waals surface area contributed by atoms with Gasteiger partial charge in [-0.25, -0.2) is 0 Å². The molecule has 1 rings (SSSR count). The third-order valence-electron chi connectivity index (χ3n) is 2.46. The molecule has 0 aromatic heterocycles. The summed E-state index contributed by atoms with van der Waals surface area (Å²) < 4.78 is 0. The number of hydrogen-bond donors (Lipinski definition) is 1. The normalized spacial score (nSPS) is 12.1. The molecule has 0 radical (unpaired) electrons. The van der Waals surface area contributed by atoms with Crippen molar-refractivity contribution in [2.45, 2.75) is 33.9 Å². The smallest absolute Gasteiger partial charge is 0.0230 e. The van der Waals surface area contributed by atoms with Gasteiger partial charge in [-0.15, -0.1) is 0 Å². The van der Waals surface area contributed by atoms with Gasteiger partial charge in [0.25, 0.3) is 0 Å². The van der Waals surface area contributed by atoms with E-state index in [1.807, 2.05) is 0 Å². The monoisotopic (exact) mass is 220 g/mol. The SMILES string of the molecule is CN(Cc1ccc(CN)cc1)CC(C)(C)C. The zero-order valence-corrected chi connectivity index (χ0v) is 11.0. The molecule has 0 amide bonds. The molecule has 0 aliphatic rings. The lowest BCUT2D eigenvalue weighted by atomic mass is 9.96. The van der Waals surface area contributed by atoms with Gasteiger partial charge in [0.1, 0.15) is 0 Å². The van der Waals surface area contributed by atoms with Gasteiger partial charge >= 0.3 is 0 Å². The van der Waals surface area contributed by atoms with Crippen LogP contribution in [0, 0.1) is 5.41 Å². The standard InChI is InChI=1S/C14H24N2/c1-14(2,3)11-16(4)10-13-7-5-12(9-15)6-8-13/h5-8H,9-11,15H2,1-4H3. The van der Waals surface area contributed by atoms with Crippen LogP contribution in [0.2, 0.25) is 0 Å². The van der Waals surface area contributed by atoms with Gasteiger partial charge in [-0.2, -0.15) is 0 Å². The lowest BCUT2D eigenvalue weighted by Gasteiger charge is -2.26. The highest BCUT2D eigenvalue weighted by Gasteiger charge is 2.13. The molecule has 2 N–H and O–H groups in total. The van der Waals surface area contributed by atoms with Gasteiger partial charge in [-0.3, -0.25) is 0 Å². The fourth-order valence-electron chi connectivity index (χ4n) is 1.96. The molecular formula is C14H24N2. The predicted octanol–water partition coefficient (Wildman–Crippen LogP) is 2.62. The molecule has 0 atom stereocenters. The molecule has 2 nitrogen and oxygen atoms in total. The average Bonchev–Trinajstić information content (AvgIpc) is 2.16. The highest BCUT2D eigenvalue weighted by molar-refractivity contribution is 5.22. The van der Waals surface area contributed by atoms with Gasteiger partial charge in [0.05, 0.1) is 0 Å². The van der Waals surface area contributed by atoms with Crippen LogP contribution in [0.15, 0.2) is 24.3 Å². The molecule has 0 unspecified atom stereocenters. The maximum atomic E-state index is 5.57. The summed E-state index contributed by atoms with van der Waals surface area (Å²) in [5, 5.41) is 0. The minimum absolute atomic E-state index is 0.353. The fraction of sp³-hybridized carbons (Fsp3) is 0.571. The van der Waals surface area contributed by atoms with Crippen LogP contribution in [0.3, 0.4) is 0 Å². The lowest BCUT2D eigenvalue weighted by Crippen LogP contribution is -2.28. The summed E-state index contributed by atoms with van der Waals surface area (Å²) in [6.07, 6.45) is 0. The zero-order valence-electron chi connectivity index (χ0n) is 11.0. The largest absolute Gasteiger partial charge is 0.326 e. The maximum absolute atomic E-state index is 5.57. The Labute approximate surface area is 99.5 Å². The van der Waals surface area contributed by atoms with Crippen LogP contribution in [0.25, 0.3) is 0 Å². The molecule has 0 spiro atoms. The summed E-state index contributed by atoms with van der Waals surface area (Å²) >= 11 is 0. The molecule has 0 saturated heterocycles. The summed E-state index contributed by atoms with van der Waals surface area (Å²) in [6.45, 7) is 9.52. The second-order valence-electron chi connectivity index (χ2n) is 5.75. The van der Waals surface area contributed by atoms with Crippen molar-refractivity contribution in [1.29, 1.82) is 0 Å². The average molecular weight is 220 g/mol. The van der Waals surface area contributed by atoms with E-state index in [0.717, 1.165) is 13.1 Å². The van der Waals surface area contributed by atoms with Gasteiger partial charge < -0.3 is 10.6 Å². The Balaban J connectivity index is 2.53. The second kappa shape index (κ2) is 5.46. The molecule has 0 saturated carbocycles. The fourth-order valence-corrected chi connectivity index (χ4v) is 1.96. The molecule has 2 heteroatoms. The topological polar surface area (TPSA) is 29.3 Å². The molecule has 0 heterocycles. The van der Waals surface area contributed by atoms with Crippen molar-refractivity contribution in [3.63, 3.8) is 0 Å². The van der Waals surface area contributed by atoms with Crippen LogP contribution in [0.1, 0.15) is 31.9 Å². The number of nitrogens with two attached hydrogens (primary N) is 1. The predicted molar refractivity (Wildman–Crippen MR) is 70.1 cm³/mol. The van der Waals surface area contributed by atoms with Crippen molar-refractivity contribution in [1.82, 2.24) is 4.90 Å². The number of hydrogen-bond acceptors (Lipinski definition) is 2. The lowest BCUT2D eigenvalue weighted by molar-refractivity contribution is 0.221. The van der Waals surface area contributed by atoms with E-state index in [1.54, 1.807) is 0 Å². The van der Waals surface area contributed by atoms with E-state index < -0.39 is 0 Å². The summed E-state index contributed by atoms with van der Waals surface area (Å²) in [5.74, 6) is 0. The van der Waals surface area contributed by atoms with Crippen molar-refractivity contribution in [2.75, 3.05) is 13.6 Å². The Morgan fingerprint density at radius 1 is 1.06 bits per heavy atom. The van der Waals surface area contributed by atoms with Crippen molar-refractivity contribution in [2.24, 2.45) is 11.1 Å². The molecule has 0 fully saturated rings. The first-order chi connectivity index (χ1) is 7.40. The quantitative estimate of drug-likeness (QED) is 0.845. The van der Waals surface area contributed by atoms with E-state index in [2.05, 4.69) is 57.0 Å². The molecule has 0 aliphatic heterocycles. The highest BCUT2D eigenvalue weighted by atomic mass is 15.1. The minimum atomic E-state index is 0.353. The van der Waals surface area contributed by atoms with Crippen molar-refractivity contribution < 1.29 is 0 Å². The number of nitrogens with zero attached hydrogens (tertiary/aromatic N) is 1. The summed E-state index contributed by atoms with van der Waals surface area (Å²) in [7, 11) is 2.17. The van der Waals surface area contributed by atoms with Crippen molar-refractivity contribution >= 4 is 0 Å².